The van der Waals surface area contributed by atoms with E-state index in [1.54, 1.807) is 23.2 Å². The predicted molar refractivity (Wildman–Crippen MR) is 127 cm³/mol. The number of rotatable bonds is 6. The zero-order chi connectivity index (χ0) is 23.0. The summed E-state index contributed by atoms with van der Waals surface area (Å²) in [6.07, 6.45) is 5.76. The first-order valence-electron chi connectivity index (χ1n) is 11.0. The topological polar surface area (TPSA) is 105 Å². The Hall–Kier alpha value is -3.94. The molecule has 168 valence electrons. The zero-order valence-electron chi connectivity index (χ0n) is 18.6. The van der Waals surface area contributed by atoms with Gasteiger partial charge in [0.15, 0.2) is 5.82 Å². The molecule has 0 spiro atoms. The maximum absolute atomic E-state index is 13.3. The highest BCUT2D eigenvalue weighted by atomic mass is 16.2. The van der Waals surface area contributed by atoms with Gasteiger partial charge in [0.2, 0.25) is 5.91 Å². The predicted octanol–water partition coefficient (Wildman–Crippen LogP) is 3.27. The summed E-state index contributed by atoms with van der Waals surface area (Å²) < 4.78 is 1.60. The van der Waals surface area contributed by atoms with Crippen molar-refractivity contribution in [3.8, 4) is 0 Å². The fraction of sp³-hybridized carbons (Fsp3) is 0.280. The molecule has 0 aliphatic carbocycles. The lowest BCUT2D eigenvalue weighted by molar-refractivity contribution is -0.124. The standard InChI is InChI=1S/C25H26N6O2/c1-25(2)11-20(23(32)29-14-18-10-17-13-26-9-8-19(17)30-18)31-21(25)15-28-22(24(31)33)27-12-16-6-4-3-5-7-16/h3-10,13,15,20,30H,11-12,14H2,1-2H3,(H,27,28)(H,29,32)/t20-/m0/s1. The Labute approximate surface area is 191 Å². The number of nitrogens with one attached hydrogen (secondary N) is 3. The first-order chi connectivity index (χ1) is 15.9. The largest absolute Gasteiger partial charge is 0.361 e. The fourth-order valence-corrected chi connectivity index (χ4v) is 4.50. The highest BCUT2D eigenvalue weighted by Crippen LogP contribution is 2.39. The number of carbonyl (C=O) groups is 1. The van der Waals surface area contributed by atoms with E-state index in [0.29, 0.717) is 19.5 Å². The molecule has 8 heteroatoms. The second kappa shape index (κ2) is 8.20. The van der Waals surface area contributed by atoms with Gasteiger partial charge >= 0.3 is 0 Å². The molecule has 1 atom stereocenters. The van der Waals surface area contributed by atoms with Crippen molar-refractivity contribution in [3.05, 3.63) is 88.4 Å². The third-order valence-electron chi connectivity index (χ3n) is 6.24. The summed E-state index contributed by atoms with van der Waals surface area (Å²) in [5.41, 5.74) is 3.07. The monoisotopic (exact) mass is 442 g/mol. The minimum Gasteiger partial charge on any atom is -0.361 e. The number of anilines is 1. The molecule has 1 amide bonds. The van der Waals surface area contributed by atoms with Crippen molar-refractivity contribution in [2.75, 3.05) is 5.32 Å². The Balaban J connectivity index is 1.36. The van der Waals surface area contributed by atoms with Gasteiger partial charge in [-0.2, -0.15) is 0 Å². The molecule has 0 unspecified atom stereocenters. The van der Waals surface area contributed by atoms with Crippen molar-refractivity contribution >= 4 is 22.6 Å². The third-order valence-corrected chi connectivity index (χ3v) is 6.24. The van der Waals surface area contributed by atoms with Gasteiger partial charge in [-0.3, -0.25) is 19.1 Å². The van der Waals surface area contributed by atoms with Crippen molar-refractivity contribution in [1.82, 2.24) is 24.8 Å². The molecule has 0 saturated carbocycles. The van der Waals surface area contributed by atoms with E-state index in [1.807, 2.05) is 56.3 Å². The van der Waals surface area contributed by atoms with E-state index in [4.69, 9.17) is 0 Å². The molecule has 0 radical (unpaired) electrons. The van der Waals surface area contributed by atoms with Gasteiger partial charge in [-0.15, -0.1) is 0 Å². The summed E-state index contributed by atoms with van der Waals surface area (Å²) in [5, 5.41) is 7.12. The van der Waals surface area contributed by atoms with Crippen LogP contribution in [-0.2, 0) is 23.3 Å². The number of fused-ring (bicyclic) bond motifs is 2. The Bertz CT molecular complexity index is 1340. The Morgan fingerprint density at radius 1 is 1.18 bits per heavy atom. The third kappa shape index (κ3) is 4.00. The number of H-pyrrole nitrogens is 1. The first kappa shape index (κ1) is 20.9. The molecule has 0 saturated heterocycles. The lowest BCUT2D eigenvalue weighted by Gasteiger charge is -2.17. The van der Waals surface area contributed by atoms with E-state index in [-0.39, 0.29) is 22.7 Å². The number of aromatic amines is 1. The highest BCUT2D eigenvalue weighted by molar-refractivity contribution is 5.82. The van der Waals surface area contributed by atoms with E-state index < -0.39 is 6.04 Å². The van der Waals surface area contributed by atoms with Crippen LogP contribution in [0.1, 0.15) is 43.3 Å². The van der Waals surface area contributed by atoms with E-state index in [2.05, 4.69) is 25.6 Å². The fourth-order valence-electron chi connectivity index (χ4n) is 4.50. The number of aromatic nitrogens is 4. The number of hydrogen-bond acceptors (Lipinski definition) is 5. The van der Waals surface area contributed by atoms with Crippen LogP contribution >= 0.6 is 0 Å². The molecule has 33 heavy (non-hydrogen) atoms. The lowest BCUT2D eigenvalue weighted by Crippen LogP contribution is -2.36. The van der Waals surface area contributed by atoms with Crippen LogP contribution in [0.2, 0.25) is 0 Å². The van der Waals surface area contributed by atoms with Crippen LogP contribution in [-0.4, -0.2) is 25.4 Å². The van der Waals surface area contributed by atoms with E-state index in [0.717, 1.165) is 27.9 Å². The average molecular weight is 443 g/mol. The molecule has 8 nitrogen and oxygen atoms in total. The molecule has 3 N–H and O–H groups in total. The molecule has 1 aliphatic heterocycles. The molecule has 4 heterocycles. The van der Waals surface area contributed by atoms with Gasteiger partial charge in [0.25, 0.3) is 5.56 Å². The van der Waals surface area contributed by atoms with Crippen LogP contribution in [0.5, 0.6) is 0 Å². The normalized spacial score (nSPS) is 16.5. The van der Waals surface area contributed by atoms with Crippen molar-refractivity contribution in [2.45, 2.75) is 44.8 Å². The molecular formula is C25H26N6O2. The minimum absolute atomic E-state index is 0.180. The maximum Gasteiger partial charge on any atom is 0.294 e. The molecule has 0 fully saturated rings. The summed E-state index contributed by atoms with van der Waals surface area (Å²) in [7, 11) is 0. The van der Waals surface area contributed by atoms with Crippen molar-refractivity contribution in [2.24, 2.45) is 0 Å². The van der Waals surface area contributed by atoms with Gasteiger partial charge in [-0.05, 0) is 24.1 Å². The highest BCUT2D eigenvalue weighted by Gasteiger charge is 2.41. The molecule has 4 aromatic rings. The van der Waals surface area contributed by atoms with Gasteiger partial charge in [-0.1, -0.05) is 44.2 Å². The van der Waals surface area contributed by atoms with E-state index in [9.17, 15) is 9.59 Å². The molecule has 3 aromatic heterocycles. The van der Waals surface area contributed by atoms with Crippen LogP contribution in [0.25, 0.3) is 10.9 Å². The van der Waals surface area contributed by atoms with Gasteiger partial charge in [0.1, 0.15) is 6.04 Å². The van der Waals surface area contributed by atoms with Gasteiger partial charge in [-0.25, -0.2) is 4.98 Å². The Morgan fingerprint density at radius 3 is 2.79 bits per heavy atom. The zero-order valence-corrected chi connectivity index (χ0v) is 18.6. The number of pyridine rings is 1. The second-order valence-corrected chi connectivity index (χ2v) is 9.09. The summed E-state index contributed by atoms with van der Waals surface area (Å²) in [4.78, 5) is 38.3. The van der Waals surface area contributed by atoms with Crippen molar-refractivity contribution in [1.29, 1.82) is 0 Å². The average Bonchev–Trinajstić information content (AvgIpc) is 3.36. The smallest absolute Gasteiger partial charge is 0.294 e. The summed E-state index contributed by atoms with van der Waals surface area (Å²) in [5.74, 6) is 0.0714. The van der Waals surface area contributed by atoms with Crippen LogP contribution in [0, 0.1) is 0 Å². The molecule has 1 aromatic carbocycles. The summed E-state index contributed by atoms with van der Waals surface area (Å²) >= 11 is 0. The SMILES string of the molecule is CC1(C)C[C@@H](C(=O)NCc2cc3cnccc3[nH]2)n2c1cnc(NCc1ccccc1)c2=O. The van der Waals surface area contributed by atoms with Crippen LogP contribution in [0.15, 0.2) is 65.8 Å². The van der Waals surface area contributed by atoms with E-state index >= 15 is 0 Å². The van der Waals surface area contributed by atoms with Gasteiger partial charge < -0.3 is 15.6 Å². The minimum atomic E-state index is -0.589. The van der Waals surface area contributed by atoms with Crippen molar-refractivity contribution in [3.63, 3.8) is 0 Å². The first-order valence-corrected chi connectivity index (χ1v) is 11.0. The number of amides is 1. The van der Waals surface area contributed by atoms with Crippen LogP contribution in [0.3, 0.4) is 0 Å². The second-order valence-electron chi connectivity index (χ2n) is 9.09. The molecule has 1 aliphatic rings. The quantitative estimate of drug-likeness (QED) is 0.425. The van der Waals surface area contributed by atoms with E-state index in [1.165, 1.54) is 0 Å². The Kier molecular flexibility index (Phi) is 5.20. The van der Waals surface area contributed by atoms with Crippen molar-refractivity contribution < 1.29 is 4.79 Å². The molecule has 0 bridgehead atoms. The van der Waals surface area contributed by atoms with Crippen LogP contribution in [0.4, 0.5) is 5.82 Å². The summed E-state index contributed by atoms with van der Waals surface area (Å²) in [6.45, 7) is 4.90. The van der Waals surface area contributed by atoms with Crippen LogP contribution < -0.4 is 16.2 Å². The van der Waals surface area contributed by atoms with Gasteiger partial charge in [0, 0.05) is 52.8 Å². The number of carbonyl (C=O) groups excluding carboxylic acids is 1. The molecular weight excluding hydrogens is 416 g/mol. The number of benzene rings is 1. The number of hydrogen-bond donors (Lipinski definition) is 3. The van der Waals surface area contributed by atoms with Gasteiger partial charge in [0.05, 0.1) is 6.54 Å². The maximum atomic E-state index is 13.3. The Morgan fingerprint density at radius 2 is 2.00 bits per heavy atom. The molecule has 5 rings (SSSR count). The lowest BCUT2D eigenvalue weighted by atomic mass is 9.87. The number of nitrogens with zero attached hydrogens (tertiary/aromatic N) is 3. The summed E-state index contributed by atoms with van der Waals surface area (Å²) in [6, 6.07) is 13.1.